The van der Waals surface area contributed by atoms with Crippen LogP contribution in [-0.4, -0.2) is 24.5 Å². The van der Waals surface area contributed by atoms with Gasteiger partial charge in [0.25, 0.3) is 0 Å². The molecule has 3 heteroatoms. The van der Waals surface area contributed by atoms with Gasteiger partial charge in [-0.25, -0.2) is 0 Å². The number of hydrogen-bond donors (Lipinski definition) is 2. The minimum Gasteiger partial charge on any atom is -0.508 e. The maximum absolute atomic E-state index is 9.85. The highest BCUT2D eigenvalue weighted by Crippen LogP contribution is 2.33. The summed E-state index contributed by atoms with van der Waals surface area (Å²) in [5.41, 5.74) is 1.11. The molecule has 0 radical (unpaired) electrons. The Morgan fingerprint density at radius 3 is 3.00 bits per heavy atom. The van der Waals surface area contributed by atoms with Gasteiger partial charge >= 0.3 is 0 Å². The monoisotopic (exact) mass is 223 g/mol. The molecule has 0 amide bonds. The summed E-state index contributed by atoms with van der Waals surface area (Å²) in [5, 5.41) is 13.2. The fourth-order valence-corrected chi connectivity index (χ4v) is 2.55. The maximum atomic E-state index is 9.85. The first-order valence-electron chi connectivity index (χ1n) is 5.39. The van der Waals surface area contributed by atoms with Crippen LogP contribution < -0.4 is 5.32 Å². The number of phenols is 1. The third-order valence-corrected chi connectivity index (χ3v) is 3.70. The minimum atomic E-state index is 0.446. The predicted molar refractivity (Wildman–Crippen MR) is 64.7 cm³/mol. The van der Waals surface area contributed by atoms with Crippen molar-refractivity contribution in [1.82, 2.24) is 5.32 Å². The lowest BCUT2D eigenvalue weighted by molar-refractivity contribution is 0.425. The van der Waals surface area contributed by atoms with Crippen LogP contribution in [0.15, 0.2) is 23.1 Å². The summed E-state index contributed by atoms with van der Waals surface area (Å²) in [7, 11) is 0. The number of aromatic hydroxyl groups is 1. The first-order chi connectivity index (χ1) is 7.31. The Kier molecular flexibility index (Phi) is 3.54. The number of phenolic OH excluding ortho intramolecular Hbond substituents is 1. The molecule has 2 N–H and O–H groups in total. The van der Waals surface area contributed by atoms with Crippen LogP contribution in [0, 0.1) is 0 Å². The fourth-order valence-electron chi connectivity index (χ4n) is 2.10. The summed E-state index contributed by atoms with van der Waals surface area (Å²) < 4.78 is 0. The van der Waals surface area contributed by atoms with Crippen molar-refractivity contribution in [3.8, 4) is 5.75 Å². The SMILES string of the molecule is CSc1ccc(O)c(C2CCCNC2)c1. The van der Waals surface area contributed by atoms with Gasteiger partial charge < -0.3 is 10.4 Å². The summed E-state index contributed by atoms with van der Waals surface area (Å²) in [5.74, 6) is 0.923. The van der Waals surface area contributed by atoms with E-state index in [2.05, 4.69) is 17.6 Å². The molecule has 1 aliphatic rings. The first-order valence-corrected chi connectivity index (χ1v) is 6.61. The van der Waals surface area contributed by atoms with Crippen LogP contribution in [0.25, 0.3) is 0 Å². The molecule has 0 saturated carbocycles. The van der Waals surface area contributed by atoms with E-state index >= 15 is 0 Å². The van der Waals surface area contributed by atoms with E-state index in [-0.39, 0.29) is 0 Å². The maximum Gasteiger partial charge on any atom is 0.119 e. The Hall–Kier alpha value is -0.670. The van der Waals surface area contributed by atoms with E-state index in [1.54, 1.807) is 11.8 Å². The summed E-state index contributed by atoms with van der Waals surface area (Å²) >= 11 is 1.72. The van der Waals surface area contributed by atoms with Crippen LogP contribution in [0.2, 0.25) is 0 Å². The summed E-state index contributed by atoms with van der Waals surface area (Å²) in [6, 6.07) is 5.91. The van der Waals surface area contributed by atoms with Gasteiger partial charge in [-0.2, -0.15) is 0 Å². The standard InChI is InChI=1S/C12H17NOS/c1-15-10-4-5-12(14)11(7-10)9-3-2-6-13-8-9/h4-5,7,9,13-14H,2-3,6,8H2,1H3. The van der Waals surface area contributed by atoms with E-state index in [1.807, 2.05) is 12.1 Å². The van der Waals surface area contributed by atoms with Crippen LogP contribution in [0.4, 0.5) is 0 Å². The quantitative estimate of drug-likeness (QED) is 0.756. The lowest BCUT2D eigenvalue weighted by Crippen LogP contribution is -2.28. The van der Waals surface area contributed by atoms with Crippen LogP contribution >= 0.6 is 11.8 Å². The molecule has 0 spiro atoms. The highest BCUT2D eigenvalue weighted by Gasteiger charge is 2.18. The van der Waals surface area contributed by atoms with Crippen LogP contribution in [0.1, 0.15) is 24.3 Å². The normalized spacial score (nSPS) is 21.5. The van der Waals surface area contributed by atoms with E-state index in [1.165, 1.54) is 17.7 Å². The van der Waals surface area contributed by atoms with Crippen LogP contribution in [0.5, 0.6) is 5.75 Å². The van der Waals surface area contributed by atoms with Crippen LogP contribution in [0.3, 0.4) is 0 Å². The number of piperidine rings is 1. The third kappa shape index (κ3) is 2.47. The Bertz CT molecular complexity index is 334. The third-order valence-electron chi connectivity index (χ3n) is 2.97. The minimum absolute atomic E-state index is 0.446. The van der Waals surface area contributed by atoms with Gasteiger partial charge in [0.1, 0.15) is 5.75 Å². The fraction of sp³-hybridized carbons (Fsp3) is 0.500. The van der Waals surface area contributed by atoms with Gasteiger partial charge in [0.15, 0.2) is 0 Å². The van der Waals surface area contributed by atoms with Crippen molar-refractivity contribution in [1.29, 1.82) is 0 Å². The Balaban J connectivity index is 2.24. The van der Waals surface area contributed by atoms with E-state index in [0.717, 1.165) is 18.7 Å². The number of nitrogens with one attached hydrogen (secondary N) is 1. The molecule has 15 heavy (non-hydrogen) atoms. The van der Waals surface area contributed by atoms with Crippen molar-refractivity contribution in [2.75, 3.05) is 19.3 Å². The van der Waals surface area contributed by atoms with Gasteiger partial charge in [0.05, 0.1) is 0 Å². The predicted octanol–water partition coefficient (Wildman–Crippen LogP) is 2.58. The smallest absolute Gasteiger partial charge is 0.119 e. The second kappa shape index (κ2) is 4.90. The summed E-state index contributed by atoms with van der Waals surface area (Å²) in [6.07, 6.45) is 4.45. The average molecular weight is 223 g/mol. The number of rotatable bonds is 2. The van der Waals surface area contributed by atoms with Gasteiger partial charge in [-0.3, -0.25) is 0 Å². The van der Waals surface area contributed by atoms with E-state index in [4.69, 9.17) is 0 Å². The Morgan fingerprint density at radius 1 is 1.47 bits per heavy atom. The highest BCUT2D eigenvalue weighted by atomic mass is 32.2. The second-order valence-electron chi connectivity index (χ2n) is 3.97. The van der Waals surface area contributed by atoms with E-state index < -0.39 is 0 Å². The van der Waals surface area contributed by atoms with Crippen molar-refractivity contribution >= 4 is 11.8 Å². The van der Waals surface area contributed by atoms with Gasteiger partial charge in [-0.05, 0) is 49.4 Å². The lowest BCUT2D eigenvalue weighted by Gasteiger charge is -2.24. The molecule has 1 atom stereocenters. The largest absolute Gasteiger partial charge is 0.508 e. The molecule has 0 bridgehead atoms. The molecule has 2 nitrogen and oxygen atoms in total. The van der Waals surface area contributed by atoms with E-state index in [9.17, 15) is 5.11 Å². The number of benzene rings is 1. The molecular formula is C12H17NOS. The van der Waals surface area contributed by atoms with Gasteiger partial charge in [0, 0.05) is 17.4 Å². The second-order valence-corrected chi connectivity index (χ2v) is 4.85. The van der Waals surface area contributed by atoms with Crippen molar-refractivity contribution < 1.29 is 5.11 Å². The van der Waals surface area contributed by atoms with Gasteiger partial charge in [0.2, 0.25) is 0 Å². The molecule has 82 valence electrons. The zero-order valence-electron chi connectivity index (χ0n) is 8.99. The molecule has 1 aromatic carbocycles. The molecule has 1 fully saturated rings. The first kappa shape index (κ1) is 10.8. The molecule has 1 heterocycles. The van der Waals surface area contributed by atoms with Crippen LogP contribution in [-0.2, 0) is 0 Å². The van der Waals surface area contributed by atoms with Crippen molar-refractivity contribution in [2.24, 2.45) is 0 Å². The van der Waals surface area contributed by atoms with Gasteiger partial charge in [-0.15, -0.1) is 11.8 Å². The van der Waals surface area contributed by atoms with Crippen molar-refractivity contribution in [3.05, 3.63) is 23.8 Å². The molecule has 0 aliphatic carbocycles. The molecule has 1 aliphatic heterocycles. The Labute approximate surface area is 95.1 Å². The van der Waals surface area contributed by atoms with E-state index in [0.29, 0.717) is 11.7 Å². The zero-order chi connectivity index (χ0) is 10.7. The van der Waals surface area contributed by atoms with Crippen molar-refractivity contribution in [2.45, 2.75) is 23.7 Å². The lowest BCUT2D eigenvalue weighted by atomic mass is 9.91. The molecule has 1 unspecified atom stereocenters. The summed E-state index contributed by atoms with van der Waals surface area (Å²) in [4.78, 5) is 1.23. The Morgan fingerprint density at radius 2 is 2.33 bits per heavy atom. The molecule has 1 aromatic rings. The number of thioether (sulfide) groups is 1. The molecule has 2 rings (SSSR count). The zero-order valence-corrected chi connectivity index (χ0v) is 9.81. The molecule has 0 aromatic heterocycles. The average Bonchev–Trinajstić information content (AvgIpc) is 2.31. The highest BCUT2D eigenvalue weighted by molar-refractivity contribution is 7.98. The molecular weight excluding hydrogens is 206 g/mol. The topological polar surface area (TPSA) is 32.3 Å². The molecule has 1 saturated heterocycles. The van der Waals surface area contributed by atoms with Crippen molar-refractivity contribution in [3.63, 3.8) is 0 Å². The number of hydrogen-bond acceptors (Lipinski definition) is 3. The van der Waals surface area contributed by atoms with Gasteiger partial charge in [-0.1, -0.05) is 0 Å². The summed E-state index contributed by atoms with van der Waals surface area (Å²) in [6.45, 7) is 2.10.